The van der Waals surface area contributed by atoms with Crippen molar-refractivity contribution in [3.8, 4) is 6.07 Å². The van der Waals surface area contributed by atoms with Gasteiger partial charge in [-0.25, -0.2) is 0 Å². The summed E-state index contributed by atoms with van der Waals surface area (Å²) in [5, 5.41) is 8.81. The summed E-state index contributed by atoms with van der Waals surface area (Å²) in [6.07, 6.45) is 2.56. The highest BCUT2D eigenvalue weighted by Crippen LogP contribution is 2.28. The van der Waals surface area contributed by atoms with Crippen LogP contribution < -0.4 is 4.90 Å². The largest absolute Gasteiger partial charge is 0.369 e. The smallest absolute Gasteiger partial charge is 0.0991 e. The summed E-state index contributed by atoms with van der Waals surface area (Å²) < 4.78 is 0. The number of nitriles is 1. The van der Waals surface area contributed by atoms with E-state index in [2.05, 4.69) is 30.9 Å². The number of rotatable bonds is 1. The van der Waals surface area contributed by atoms with Gasteiger partial charge in [0.15, 0.2) is 0 Å². The molecule has 0 N–H and O–H groups in total. The van der Waals surface area contributed by atoms with Gasteiger partial charge in [-0.2, -0.15) is 5.26 Å². The molecule has 2 nitrogen and oxygen atoms in total. The van der Waals surface area contributed by atoms with Crippen LogP contribution in [0.15, 0.2) is 18.2 Å². The molecule has 0 saturated carbocycles. The van der Waals surface area contributed by atoms with Gasteiger partial charge in [0.05, 0.1) is 11.6 Å². The summed E-state index contributed by atoms with van der Waals surface area (Å²) in [5.41, 5.74) is 3.25. The van der Waals surface area contributed by atoms with Crippen molar-refractivity contribution in [1.82, 2.24) is 0 Å². The van der Waals surface area contributed by atoms with E-state index >= 15 is 0 Å². The second-order valence-corrected chi connectivity index (χ2v) is 4.30. The lowest BCUT2D eigenvalue weighted by atomic mass is 10.1. The van der Waals surface area contributed by atoms with Crippen molar-refractivity contribution < 1.29 is 0 Å². The Morgan fingerprint density at radius 3 is 2.80 bits per heavy atom. The van der Waals surface area contributed by atoms with E-state index in [4.69, 9.17) is 5.26 Å². The van der Waals surface area contributed by atoms with Gasteiger partial charge in [-0.15, -0.1) is 0 Å². The second-order valence-electron chi connectivity index (χ2n) is 4.30. The number of benzene rings is 1. The molecular formula is C13H16N2. The van der Waals surface area contributed by atoms with Crippen LogP contribution in [0.5, 0.6) is 0 Å². The molecule has 1 unspecified atom stereocenters. The van der Waals surface area contributed by atoms with Crippen molar-refractivity contribution in [2.45, 2.75) is 32.7 Å². The third kappa shape index (κ3) is 1.83. The summed E-state index contributed by atoms with van der Waals surface area (Å²) in [6, 6.07) is 8.78. The van der Waals surface area contributed by atoms with Gasteiger partial charge in [-0.05, 0) is 50.5 Å². The zero-order valence-electron chi connectivity index (χ0n) is 9.33. The first-order valence-corrected chi connectivity index (χ1v) is 5.50. The quantitative estimate of drug-likeness (QED) is 0.697. The Bertz CT molecular complexity index is 403. The van der Waals surface area contributed by atoms with Crippen molar-refractivity contribution >= 4 is 5.69 Å². The number of anilines is 1. The second kappa shape index (κ2) is 3.94. The molecule has 78 valence electrons. The summed E-state index contributed by atoms with van der Waals surface area (Å²) in [7, 11) is 0. The van der Waals surface area contributed by atoms with Crippen LogP contribution in [0, 0.1) is 18.3 Å². The molecule has 1 fully saturated rings. The van der Waals surface area contributed by atoms with Gasteiger partial charge in [0.1, 0.15) is 0 Å². The van der Waals surface area contributed by atoms with Crippen LogP contribution in [-0.4, -0.2) is 12.6 Å². The van der Waals surface area contributed by atoms with Crippen molar-refractivity contribution in [2.75, 3.05) is 11.4 Å². The van der Waals surface area contributed by atoms with Gasteiger partial charge in [-0.1, -0.05) is 0 Å². The first-order valence-electron chi connectivity index (χ1n) is 5.50. The third-order valence-electron chi connectivity index (χ3n) is 3.19. The van der Waals surface area contributed by atoms with Gasteiger partial charge in [0, 0.05) is 18.3 Å². The molecule has 0 aromatic heterocycles. The maximum absolute atomic E-state index is 8.81. The maximum atomic E-state index is 8.81. The molecule has 15 heavy (non-hydrogen) atoms. The standard InChI is InChI=1S/C13H16N2/c1-10-8-12(9-14)5-6-13(10)15-7-3-4-11(15)2/h5-6,8,11H,3-4,7H2,1-2H3. The van der Waals surface area contributed by atoms with E-state index in [0.717, 1.165) is 12.1 Å². The molecule has 1 aliphatic heterocycles. The number of hydrogen-bond donors (Lipinski definition) is 0. The topological polar surface area (TPSA) is 27.0 Å². The van der Waals surface area contributed by atoms with Crippen LogP contribution in [0.1, 0.15) is 30.9 Å². The Kier molecular flexibility index (Phi) is 2.64. The minimum atomic E-state index is 0.636. The number of aryl methyl sites for hydroxylation is 1. The summed E-state index contributed by atoms with van der Waals surface area (Å²) in [5.74, 6) is 0. The van der Waals surface area contributed by atoms with Crippen LogP contribution in [0.3, 0.4) is 0 Å². The summed E-state index contributed by atoms with van der Waals surface area (Å²) in [4.78, 5) is 2.44. The maximum Gasteiger partial charge on any atom is 0.0991 e. The molecule has 1 heterocycles. The van der Waals surface area contributed by atoms with Gasteiger partial charge >= 0.3 is 0 Å². The first kappa shape index (κ1) is 10.0. The highest BCUT2D eigenvalue weighted by atomic mass is 15.2. The van der Waals surface area contributed by atoms with E-state index in [1.807, 2.05) is 12.1 Å². The van der Waals surface area contributed by atoms with Crippen LogP contribution in [0.2, 0.25) is 0 Å². The average Bonchev–Trinajstić information content (AvgIpc) is 2.64. The van der Waals surface area contributed by atoms with E-state index in [9.17, 15) is 0 Å². The van der Waals surface area contributed by atoms with Gasteiger partial charge < -0.3 is 4.90 Å². The zero-order chi connectivity index (χ0) is 10.8. The molecule has 0 amide bonds. The Morgan fingerprint density at radius 1 is 1.47 bits per heavy atom. The molecule has 1 aliphatic rings. The van der Waals surface area contributed by atoms with Gasteiger partial charge in [0.2, 0.25) is 0 Å². The molecule has 2 heteroatoms. The molecule has 2 rings (SSSR count). The fourth-order valence-corrected chi connectivity index (χ4v) is 2.34. The third-order valence-corrected chi connectivity index (χ3v) is 3.19. The lowest BCUT2D eigenvalue weighted by molar-refractivity contribution is 0.733. The van der Waals surface area contributed by atoms with E-state index < -0.39 is 0 Å². The Balaban J connectivity index is 2.33. The molecule has 1 aromatic rings. The van der Waals surface area contributed by atoms with E-state index in [1.54, 1.807) is 0 Å². The van der Waals surface area contributed by atoms with Crippen molar-refractivity contribution in [1.29, 1.82) is 5.26 Å². The minimum Gasteiger partial charge on any atom is -0.369 e. The van der Waals surface area contributed by atoms with Gasteiger partial charge in [0.25, 0.3) is 0 Å². The Labute approximate surface area is 91.1 Å². The molecule has 1 atom stereocenters. The fraction of sp³-hybridized carbons (Fsp3) is 0.462. The number of hydrogen-bond acceptors (Lipinski definition) is 2. The summed E-state index contributed by atoms with van der Waals surface area (Å²) >= 11 is 0. The molecular weight excluding hydrogens is 184 g/mol. The van der Waals surface area contributed by atoms with Crippen molar-refractivity contribution in [2.24, 2.45) is 0 Å². The number of nitrogens with zero attached hydrogens (tertiary/aromatic N) is 2. The van der Waals surface area contributed by atoms with Crippen molar-refractivity contribution in [3.05, 3.63) is 29.3 Å². The van der Waals surface area contributed by atoms with Crippen LogP contribution in [0.4, 0.5) is 5.69 Å². The lowest BCUT2D eigenvalue weighted by Crippen LogP contribution is -2.26. The van der Waals surface area contributed by atoms with Crippen LogP contribution >= 0.6 is 0 Å². The SMILES string of the molecule is Cc1cc(C#N)ccc1N1CCCC1C. The van der Waals surface area contributed by atoms with E-state index in [-0.39, 0.29) is 0 Å². The van der Waals surface area contributed by atoms with E-state index in [1.165, 1.54) is 24.1 Å². The highest BCUT2D eigenvalue weighted by molar-refractivity contribution is 5.57. The predicted molar refractivity (Wildman–Crippen MR) is 61.9 cm³/mol. The fourth-order valence-electron chi connectivity index (χ4n) is 2.34. The predicted octanol–water partition coefficient (Wildman–Crippen LogP) is 2.86. The molecule has 0 aliphatic carbocycles. The Hall–Kier alpha value is -1.49. The molecule has 1 saturated heterocycles. The normalized spacial score (nSPS) is 20.3. The molecule has 0 radical (unpaired) electrons. The van der Waals surface area contributed by atoms with E-state index in [0.29, 0.717) is 6.04 Å². The zero-order valence-corrected chi connectivity index (χ0v) is 9.33. The average molecular weight is 200 g/mol. The first-order chi connectivity index (χ1) is 7.22. The molecule has 1 aromatic carbocycles. The summed E-state index contributed by atoms with van der Waals surface area (Å²) in [6.45, 7) is 5.50. The molecule has 0 spiro atoms. The van der Waals surface area contributed by atoms with Crippen molar-refractivity contribution in [3.63, 3.8) is 0 Å². The minimum absolute atomic E-state index is 0.636. The Morgan fingerprint density at radius 2 is 2.27 bits per heavy atom. The highest BCUT2D eigenvalue weighted by Gasteiger charge is 2.21. The lowest BCUT2D eigenvalue weighted by Gasteiger charge is -2.25. The van der Waals surface area contributed by atoms with Gasteiger partial charge in [-0.3, -0.25) is 0 Å². The molecule has 0 bridgehead atoms. The van der Waals surface area contributed by atoms with Crippen LogP contribution in [-0.2, 0) is 0 Å². The van der Waals surface area contributed by atoms with Crippen LogP contribution in [0.25, 0.3) is 0 Å². The monoisotopic (exact) mass is 200 g/mol.